The Labute approximate surface area is 119 Å². The molecule has 102 valence electrons. The zero-order valence-corrected chi connectivity index (χ0v) is 11.7. The number of aryl methyl sites for hydroxylation is 1. The van der Waals surface area contributed by atoms with Crippen LogP contribution in [0.4, 0.5) is 10.8 Å². The summed E-state index contributed by atoms with van der Waals surface area (Å²) < 4.78 is 5.16. The van der Waals surface area contributed by atoms with Gasteiger partial charge in [-0.25, -0.2) is 4.98 Å². The van der Waals surface area contributed by atoms with Crippen LogP contribution in [0, 0.1) is 18.3 Å². The number of carbonyl (C=O) groups is 1. The summed E-state index contributed by atoms with van der Waals surface area (Å²) in [4.78, 5) is 16.6. The number of nitrogens with two attached hydrogens (primary N) is 1. The second-order valence-corrected chi connectivity index (χ2v) is 4.98. The maximum Gasteiger partial charge on any atom is 0.267 e. The number of nitriles is 1. The number of nitrogens with one attached hydrogen (secondary N) is 1. The smallest absolute Gasteiger partial charge is 0.267 e. The molecule has 2 aromatic rings. The Bertz CT molecular complexity index is 703. The highest BCUT2D eigenvalue weighted by molar-refractivity contribution is 7.17. The maximum atomic E-state index is 12.2. The van der Waals surface area contributed by atoms with Crippen molar-refractivity contribution in [2.24, 2.45) is 0 Å². The van der Waals surface area contributed by atoms with Crippen molar-refractivity contribution in [2.75, 3.05) is 18.2 Å². The fourth-order valence-corrected chi connectivity index (χ4v) is 2.40. The molecule has 3 N–H and O–H groups in total. The molecule has 6 nitrogen and oxygen atoms in total. The number of thiazole rings is 1. The van der Waals surface area contributed by atoms with Crippen LogP contribution in [0.1, 0.15) is 20.9 Å². The molecular weight excluding hydrogens is 276 g/mol. The summed E-state index contributed by atoms with van der Waals surface area (Å²) in [6, 6.07) is 6.79. The Hall–Kier alpha value is -2.59. The van der Waals surface area contributed by atoms with E-state index in [4.69, 9.17) is 15.7 Å². The van der Waals surface area contributed by atoms with E-state index in [1.165, 1.54) is 7.11 Å². The van der Waals surface area contributed by atoms with Gasteiger partial charge in [0.15, 0.2) is 5.13 Å². The van der Waals surface area contributed by atoms with E-state index in [1.54, 1.807) is 25.1 Å². The van der Waals surface area contributed by atoms with Gasteiger partial charge in [-0.15, -0.1) is 0 Å². The Morgan fingerprint density at radius 3 is 2.85 bits per heavy atom. The lowest BCUT2D eigenvalue weighted by Crippen LogP contribution is -2.12. The number of hydrogen-bond acceptors (Lipinski definition) is 6. The third kappa shape index (κ3) is 2.70. The number of ether oxygens (including phenoxy) is 1. The molecule has 0 fully saturated rings. The van der Waals surface area contributed by atoms with Crippen molar-refractivity contribution in [2.45, 2.75) is 6.92 Å². The highest BCUT2D eigenvalue weighted by atomic mass is 32.1. The highest BCUT2D eigenvalue weighted by Crippen LogP contribution is 2.27. The quantitative estimate of drug-likeness (QED) is 0.901. The molecule has 0 bridgehead atoms. The minimum absolute atomic E-state index is 0.306. The second-order valence-electron chi connectivity index (χ2n) is 3.95. The van der Waals surface area contributed by atoms with Gasteiger partial charge in [0.1, 0.15) is 10.6 Å². The SMILES string of the molecule is COc1cc(C#N)ccc1NC(=O)c1sc(N)nc1C. The zero-order valence-electron chi connectivity index (χ0n) is 10.9. The summed E-state index contributed by atoms with van der Waals surface area (Å²) in [5, 5.41) is 11.9. The van der Waals surface area contributed by atoms with Crippen LogP contribution in [0.3, 0.4) is 0 Å². The van der Waals surface area contributed by atoms with Gasteiger partial charge < -0.3 is 15.8 Å². The lowest BCUT2D eigenvalue weighted by molar-refractivity contribution is 0.102. The fraction of sp³-hybridized carbons (Fsp3) is 0.154. The molecule has 0 aliphatic rings. The first-order chi connectivity index (χ1) is 9.55. The predicted octanol–water partition coefficient (Wildman–Crippen LogP) is 2.17. The zero-order chi connectivity index (χ0) is 14.7. The Kier molecular flexibility index (Phi) is 3.86. The molecule has 1 amide bonds. The van der Waals surface area contributed by atoms with E-state index in [2.05, 4.69) is 10.3 Å². The summed E-state index contributed by atoms with van der Waals surface area (Å²) in [7, 11) is 1.47. The first-order valence-corrected chi connectivity index (χ1v) is 6.49. The van der Waals surface area contributed by atoms with E-state index in [9.17, 15) is 4.79 Å². The Morgan fingerprint density at radius 2 is 2.30 bits per heavy atom. The Balaban J connectivity index is 2.28. The van der Waals surface area contributed by atoms with Crippen LogP contribution in [0.2, 0.25) is 0 Å². The summed E-state index contributed by atoms with van der Waals surface area (Å²) in [5.74, 6) is 0.118. The minimum atomic E-state index is -0.306. The topological polar surface area (TPSA) is 101 Å². The number of methoxy groups -OCH3 is 1. The average Bonchev–Trinajstić information content (AvgIpc) is 2.78. The standard InChI is InChI=1S/C13H12N4O2S/c1-7-11(20-13(15)16-7)12(18)17-9-4-3-8(6-14)5-10(9)19-2/h3-5H,1-2H3,(H2,15,16)(H,17,18). The van der Waals surface area contributed by atoms with E-state index >= 15 is 0 Å². The number of aromatic nitrogens is 1. The van der Waals surface area contributed by atoms with Crippen molar-refractivity contribution < 1.29 is 9.53 Å². The lowest BCUT2D eigenvalue weighted by Gasteiger charge is -2.09. The third-order valence-corrected chi connectivity index (χ3v) is 3.58. The van der Waals surface area contributed by atoms with Gasteiger partial charge in [-0.3, -0.25) is 4.79 Å². The third-order valence-electron chi connectivity index (χ3n) is 2.60. The van der Waals surface area contributed by atoms with Gasteiger partial charge in [-0.2, -0.15) is 5.26 Å². The molecule has 0 spiro atoms. The van der Waals surface area contributed by atoms with Crippen LogP contribution in [-0.4, -0.2) is 18.0 Å². The van der Waals surface area contributed by atoms with Crippen LogP contribution < -0.4 is 15.8 Å². The molecule has 0 unspecified atom stereocenters. The van der Waals surface area contributed by atoms with Crippen LogP contribution in [0.5, 0.6) is 5.75 Å². The monoisotopic (exact) mass is 288 g/mol. The molecule has 1 heterocycles. The van der Waals surface area contributed by atoms with Gasteiger partial charge in [0.25, 0.3) is 5.91 Å². The number of benzene rings is 1. The molecule has 0 saturated carbocycles. The van der Waals surface area contributed by atoms with E-state index in [1.807, 2.05) is 6.07 Å². The van der Waals surface area contributed by atoms with E-state index < -0.39 is 0 Å². The van der Waals surface area contributed by atoms with Gasteiger partial charge in [-0.05, 0) is 19.1 Å². The molecule has 7 heteroatoms. The van der Waals surface area contributed by atoms with Gasteiger partial charge in [0, 0.05) is 6.07 Å². The predicted molar refractivity (Wildman–Crippen MR) is 76.9 cm³/mol. The largest absolute Gasteiger partial charge is 0.495 e. The van der Waals surface area contributed by atoms with Crippen molar-refractivity contribution in [3.8, 4) is 11.8 Å². The Morgan fingerprint density at radius 1 is 1.55 bits per heavy atom. The molecule has 1 aromatic heterocycles. The molecule has 0 saturated heterocycles. The molecule has 2 rings (SSSR count). The van der Waals surface area contributed by atoms with E-state index in [0.717, 1.165) is 11.3 Å². The number of rotatable bonds is 3. The van der Waals surface area contributed by atoms with E-state index in [-0.39, 0.29) is 5.91 Å². The minimum Gasteiger partial charge on any atom is -0.495 e. The average molecular weight is 288 g/mol. The number of anilines is 2. The van der Waals surface area contributed by atoms with E-state index in [0.29, 0.717) is 32.7 Å². The van der Waals surface area contributed by atoms with Gasteiger partial charge in [0.2, 0.25) is 0 Å². The van der Waals surface area contributed by atoms with Gasteiger partial charge >= 0.3 is 0 Å². The number of nitrogen functional groups attached to an aromatic ring is 1. The van der Waals surface area contributed by atoms with Crippen LogP contribution in [0.15, 0.2) is 18.2 Å². The van der Waals surface area contributed by atoms with Gasteiger partial charge in [-0.1, -0.05) is 11.3 Å². The van der Waals surface area contributed by atoms with Crippen LogP contribution >= 0.6 is 11.3 Å². The number of amides is 1. The number of carbonyl (C=O) groups excluding carboxylic acids is 1. The first-order valence-electron chi connectivity index (χ1n) is 5.67. The fourth-order valence-electron chi connectivity index (χ4n) is 1.67. The molecule has 20 heavy (non-hydrogen) atoms. The van der Waals surface area contributed by atoms with Crippen molar-refractivity contribution in [1.82, 2.24) is 4.98 Å². The van der Waals surface area contributed by atoms with Crippen molar-refractivity contribution >= 4 is 28.1 Å². The molecule has 0 aliphatic carbocycles. The molecule has 0 aliphatic heterocycles. The van der Waals surface area contributed by atoms with Crippen molar-refractivity contribution in [1.29, 1.82) is 5.26 Å². The summed E-state index contributed by atoms with van der Waals surface area (Å²) in [6.07, 6.45) is 0. The normalized spacial score (nSPS) is 9.85. The molecule has 1 aromatic carbocycles. The first kappa shape index (κ1) is 13.8. The lowest BCUT2D eigenvalue weighted by atomic mass is 10.2. The van der Waals surface area contributed by atoms with Crippen molar-refractivity contribution in [3.05, 3.63) is 34.3 Å². The number of nitrogens with zero attached hydrogens (tertiary/aromatic N) is 2. The van der Waals surface area contributed by atoms with Gasteiger partial charge in [0.05, 0.1) is 30.1 Å². The second kappa shape index (κ2) is 5.59. The summed E-state index contributed by atoms with van der Waals surface area (Å²) in [5.41, 5.74) is 7.10. The highest BCUT2D eigenvalue weighted by Gasteiger charge is 2.16. The number of hydrogen-bond donors (Lipinski definition) is 2. The van der Waals surface area contributed by atoms with Crippen molar-refractivity contribution in [3.63, 3.8) is 0 Å². The van der Waals surface area contributed by atoms with Crippen LogP contribution in [-0.2, 0) is 0 Å². The molecule has 0 atom stereocenters. The van der Waals surface area contributed by atoms with Crippen LogP contribution in [0.25, 0.3) is 0 Å². The maximum absolute atomic E-state index is 12.2. The molecular formula is C13H12N4O2S. The summed E-state index contributed by atoms with van der Waals surface area (Å²) in [6.45, 7) is 1.72. The summed E-state index contributed by atoms with van der Waals surface area (Å²) >= 11 is 1.12. The molecule has 0 radical (unpaired) electrons.